The predicted molar refractivity (Wildman–Crippen MR) is 83.4 cm³/mol. The van der Waals surface area contributed by atoms with Crippen LogP contribution in [-0.2, 0) is 13.0 Å². The molecule has 0 spiro atoms. The molecule has 0 unspecified atom stereocenters. The van der Waals surface area contributed by atoms with Gasteiger partial charge in [-0.3, -0.25) is 0 Å². The minimum Gasteiger partial charge on any atom is -0.381 e. The summed E-state index contributed by atoms with van der Waals surface area (Å²) in [6, 6.07) is 15.2. The fraction of sp³-hybridized carbons (Fsp3) is 0.333. The van der Waals surface area contributed by atoms with Gasteiger partial charge in [-0.1, -0.05) is 44.0 Å². The van der Waals surface area contributed by atoms with Crippen molar-refractivity contribution in [2.45, 2.75) is 39.2 Å². The Morgan fingerprint density at radius 3 is 2.15 bits per heavy atom. The fourth-order valence-corrected chi connectivity index (χ4v) is 2.17. The van der Waals surface area contributed by atoms with Crippen LogP contribution in [0.3, 0.4) is 0 Å². The quantitative estimate of drug-likeness (QED) is 0.685. The van der Waals surface area contributed by atoms with Crippen molar-refractivity contribution in [3.8, 4) is 0 Å². The van der Waals surface area contributed by atoms with Gasteiger partial charge in [0.2, 0.25) is 0 Å². The average Bonchev–Trinajstić information content (AvgIpc) is 2.48. The van der Waals surface area contributed by atoms with E-state index in [4.69, 9.17) is 0 Å². The summed E-state index contributed by atoms with van der Waals surface area (Å²) in [6.45, 7) is 2.94. The van der Waals surface area contributed by atoms with Crippen LogP contribution in [0, 0.1) is 5.82 Å². The molecule has 0 aliphatic carbocycles. The Morgan fingerprint density at radius 2 is 1.50 bits per heavy atom. The minimum absolute atomic E-state index is 0.190. The zero-order chi connectivity index (χ0) is 14.2. The van der Waals surface area contributed by atoms with Crippen molar-refractivity contribution >= 4 is 5.69 Å². The van der Waals surface area contributed by atoms with Crippen LogP contribution in [-0.4, -0.2) is 0 Å². The van der Waals surface area contributed by atoms with E-state index in [9.17, 15) is 4.39 Å². The van der Waals surface area contributed by atoms with E-state index in [0.717, 1.165) is 24.2 Å². The van der Waals surface area contributed by atoms with E-state index in [1.165, 1.54) is 37.0 Å². The number of halogens is 1. The molecule has 106 valence electrons. The molecule has 2 aromatic carbocycles. The number of anilines is 1. The SMILES string of the molecule is CCCCCc1ccc(NCc2ccc(F)cc2)cc1. The highest BCUT2D eigenvalue weighted by Crippen LogP contribution is 2.13. The second kappa shape index (κ2) is 7.68. The molecular formula is C18H22FN. The van der Waals surface area contributed by atoms with Crippen LogP contribution in [0.15, 0.2) is 48.5 Å². The van der Waals surface area contributed by atoms with E-state index in [0.29, 0.717) is 0 Å². The van der Waals surface area contributed by atoms with E-state index < -0.39 is 0 Å². The highest BCUT2D eigenvalue weighted by Gasteiger charge is 1.97. The summed E-state index contributed by atoms with van der Waals surface area (Å²) in [5, 5.41) is 3.35. The first kappa shape index (κ1) is 14.6. The largest absolute Gasteiger partial charge is 0.381 e. The monoisotopic (exact) mass is 271 g/mol. The van der Waals surface area contributed by atoms with E-state index in [2.05, 4.69) is 36.5 Å². The third kappa shape index (κ3) is 4.69. The van der Waals surface area contributed by atoms with E-state index >= 15 is 0 Å². The molecule has 2 aromatic rings. The predicted octanol–water partition coefficient (Wildman–Crippen LogP) is 5.17. The smallest absolute Gasteiger partial charge is 0.123 e. The van der Waals surface area contributed by atoms with Gasteiger partial charge in [0.25, 0.3) is 0 Å². The van der Waals surface area contributed by atoms with Gasteiger partial charge in [0, 0.05) is 12.2 Å². The summed E-state index contributed by atoms with van der Waals surface area (Å²) in [5.74, 6) is -0.190. The van der Waals surface area contributed by atoms with Crippen molar-refractivity contribution in [1.82, 2.24) is 0 Å². The summed E-state index contributed by atoms with van der Waals surface area (Å²) in [7, 11) is 0. The Kier molecular flexibility index (Phi) is 5.60. The molecule has 0 saturated carbocycles. The summed E-state index contributed by atoms with van der Waals surface area (Å²) in [4.78, 5) is 0. The lowest BCUT2D eigenvalue weighted by molar-refractivity contribution is 0.627. The molecule has 2 rings (SSSR count). The Balaban J connectivity index is 1.82. The first-order valence-electron chi connectivity index (χ1n) is 7.35. The molecule has 0 atom stereocenters. The molecule has 0 bridgehead atoms. The molecular weight excluding hydrogens is 249 g/mol. The lowest BCUT2D eigenvalue weighted by Gasteiger charge is -2.08. The highest BCUT2D eigenvalue weighted by atomic mass is 19.1. The molecule has 0 radical (unpaired) electrons. The van der Waals surface area contributed by atoms with E-state index in [1.807, 2.05) is 0 Å². The normalized spacial score (nSPS) is 10.5. The Morgan fingerprint density at radius 1 is 0.850 bits per heavy atom. The van der Waals surface area contributed by atoms with Crippen LogP contribution < -0.4 is 5.32 Å². The van der Waals surface area contributed by atoms with Gasteiger partial charge in [0.15, 0.2) is 0 Å². The maximum absolute atomic E-state index is 12.8. The second-order valence-corrected chi connectivity index (χ2v) is 5.13. The van der Waals surface area contributed by atoms with Crippen molar-refractivity contribution in [3.63, 3.8) is 0 Å². The van der Waals surface area contributed by atoms with Crippen LogP contribution in [0.5, 0.6) is 0 Å². The molecule has 0 saturated heterocycles. The summed E-state index contributed by atoms with van der Waals surface area (Å²) < 4.78 is 12.8. The third-order valence-corrected chi connectivity index (χ3v) is 3.43. The Hall–Kier alpha value is -1.83. The van der Waals surface area contributed by atoms with Gasteiger partial charge in [-0.25, -0.2) is 4.39 Å². The maximum Gasteiger partial charge on any atom is 0.123 e. The van der Waals surface area contributed by atoms with Gasteiger partial charge in [0.1, 0.15) is 5.82 Å². The fourth-order valence-electron chi connectivity index (χ4n) is 2.17. The van der Waals surface area contributed by atoms with Gasteiger partial charge >= 0.3 is 0 Å². The van der Waals surface area contributed by atoms with Crippen LogP contribution in [0.4, 0.5) is 10.1 Å². The zero-order valence-corrected chi connectivity index (χ0v) is 12.0. The average molecular weight is 271 g/mol. The highest BCUT2D eigenvalue weighted by molar-refractivity contribution is 5.45. The van der Waals surface area contributed by atoms with Gasteiger partial charge in [-0.05, 0) is 48.2 Å². The molecule has 20 heavy (non-hydrogen) atoms. The molecule has 0 fully saturated rings. The molecule has 0 aliphatic heterocycles. The first-order valence-corrected chi connectivity index (χ1v) is 7.35. The van der Waals surface area contributed by atoms with Crippen molar-refractivity contribution < 1.29 is 4.39 Å². The molecule has 2 heteroatoms. The first-order chi connectivity index (χ1) is 9.78. The molecule has 0 aromatic heterocycles. The molecule has 0 amide bonds. The molecule has 1 nitrogen and oxygen atoms in total. The molecule has 0 aliphatic rings. The summed E-state index contributed by atoms with van der Waals surface area (Å²) in [5.41, 5.74) is 3.58. The van der Waals surface area contributed by atoms with Gasteiger partial charge in [-0.2, -0.15) is 0 Å². The number of hydrogen-bond acceptors (Lipinski definition) is 1. The van der Waals surface area contributed by atoms with Gasteiger partial charge in [0.05, 0.1) is 0 Å². The van der Waals surface area contributed by atoms with Crippen molar-refractivity contribution in [2.24, 2.45) is 0 Å². The number of hydrogen-bond donors (Lipinski definition) is 1. The molecule has 1 N–H and O–H groups in total. The maximum atomic E-state index is 12.8. The van der Waals surface area contributed by atoms with Gasteiger partial charge < -0.3 is 5.32 Å². The van der Waals surface area contributed by atoms with Gasteiger partial charge in [-0.15, -0.1) is 0 Å². The van der Waals surface area contributed by atoms with Crippen molar-refractivity contribution in [1.29, 1.82) is 0 Å². The van der Waals surface area contributed by atoms with Crippen molar-refractivity contribution in [3.05, 3.63) is 65.5 Å². The second-order valence-electron chi connectivity index (χ2n) is 5.13. The molecule has 0 heterocycles. The van der Waals surface area contributed by atoms with Crippen LogP contribution >= 0.6 is 0 Å². The van der Waals surface area contributed by atoms with E-state index in [1.54, 1.807) is 12.1 Å². The number of nitrogens with one attached hydrogen (secondary N) is 1. The van der Waals surface area contributed by atoms with Crippen LogP contribution in [0.1, 0.15) is 37.3 Å². The third-order valence-electron chi connectivity index (χ3n) is 3.43. The topological polar surface area (TPSA) is 12.0 Å². The Labute approximate surface area is 120 Å². The lowest BCUT2D eigenvalue weighted by atomic mass is 10.1. The van der Waals surface area contributed by atoms with Crippen LogP contribution in [0.25, 0.3) is 0 Å². The van der Waals surface area contributed by atoms with Crippen LogP contribution in [0.2, 0.25) is 0 Å². The number of unbranched alkanes of at least 4 members (excludes halogenated alkanes) is 2. The summed E-state index contributed by atoms with van der Waals surface area (Å²) in [6.07, 6.45) is 4.98. The van der Waals surface area contributed by atoms with Crippen molar-refractivity contribution in [2.75, 3.05) is 5.32 Å². The zero-order valence-electron chi connectivity index (χ0n) is 12.0. The lowest BCUT2D eigenvalue weighted by Crippen LogP contribution is -1.99. The standard InChI is InChI=1S/C18H22FN/c1-2-3-4-5-15-8-12-18(13-9-15)20-14-16-6-10-17(19)11-7-16/h6-13,20H,2-5,14H2,1H3. The minimum atomic E-state index is -0.190. The Bertz CT molecular complexity index is 502. The summed E-state index contributed by atoms with van der Waals surface area (Å²) >= 11 is 0. The number of benzene rings is 2. The number of rotatable bonds is 7. The van der Waals surface area contributed by atoms with E-state index in [-0.39, 0.29) is 5.82 Å². The number of aryl methyl sites for hydroxylation is 1.